The van der Waals surface area contributed by atoms with E-state index in [1.54, 1.807) is 0 Å². The third kappa shape index (κ3) is 8.63. The van der Waals surface area contributed by atoms with Crippen LogP contribution >= 0.6 is 0 Å². The second kappa shape index (κ2) is 8.75. The molecule has 1 rings (SSSR count). The lowest BCUT2D eigenvalue weighted by molar-refractivity contribution is 0.134. The molecule has 6 nitrogen and oxygen atoms in total. The summed E-state index contributed by atoms with van der Waals surface area (Å²) >= 11 is 0. The molecule has 1 aromatic rings. The van der Waals surface area contributed by atoms with Crippen LogP contribution < -0.4 is 5.32 Å². The molecule has 0 aromatic heterocycles. The van der Waals surface area contributed by atoms with E-state index < -0.39 is 28.0 Å². The average molecular weight is 328 g/mol. The van der Waals surface area contributed by atoms with E-state index in [1.807, 2.05) is 44.2 Å². The van der Waals surface area contributed by atoms with Gasteiger partial charge in [-0.2, -0.15) is 0 Å². The lowest BCUT2D eigenvalue weighted by Gasteiger charge is -2.21. The third-order valence-electron chi connectivity index (χ3n) is 3.01. The molecular formula is C15H22NO5S-. The van der Waals surface area contributed by atoms with Gasteiger partial charge in [0.1, 0.15) is 6.61 Å². The standard InChI is InChI=1S/C15H23NO5S/c1-12(2)10-14(8-9-22(18,19)20)16-15(17)21-11-13-6-4-3-5-7-13/h3-7,12,14H,8-11H2,1-2H3,(H,16,17)(H,18,19,20)/p-1. The molecule has 0 fully saturated rings. The molecule has 1 N–H and O–H groups in total. The SMILES string of the molecule is CC(C)CC(CCS(=O)(=O)[O-])NC(=O)OCc1ccccc1. The maximum Gasteiger partial charge on any atom is 0.407 e. The Morgan fingerprint density at radius 2 is 1.91 bits per heavy atom. The van der Waals surface area contributed by atoms with Crippen molar-refractivity contribution >= 4 is 16.2 Å². The molecule has 1 amide bonds. The Morgan fingerprint density at radius 3 is 2.45 bits per heavy atom. The molecule has 7 heteroatoms. The van der Waals surface area contributed by atoms with Gasteiger partial charge < -0.3 is 14.6 Å². The fraction of sp³-hybridized carbons (Fsp3) is 0.533. The summed E-state index contributed by atoms with van der Waals surface area (Å²) in [4.78, 5) is 11.8. The van der Waals surface area contributed by atoms with Gasteiger partial charge in [0.25, 0.3) is 0 Å². The van der Waals surface area contributed by atoms with Crippen molar-refractivity contribution in [3.8, 4) is 0 Å². The van der Waals surface area contributed by atoms with Crippen LogP contribution in [0.25, 0.3) is 0 Å². The van der Waals surface area contributed by atoms with E-state index in [4.69, 9.17) is 4.74 Å². The molecule has 0 saturated carbocycles. The van der Waals surface area contributed by atoms with Crippen LogP contribution in [-0.2, 0) is 21.5 Å². The first kappa shape index (κ1) is 18.4. The number of nitrogens with one attached hydrogen (secondary N) is 1. The summed E-state index contributed by atoms with van der Waals surface area (Å²) in [5, 5.41) is 2.63. The van der Waals surface area contributed by atoms with Gasteiger partial charge in [-0.3, -0.25) is 0 Å². The highest BCUT2D eigenvalue weighted by Crippen LogP contribution is 2.10. The number of alkyl carbamates (subject to hydrolysis) is 1. The van der Waals surface area contributed by atoms with Crippen molar-refractivity contribution in [3.63, 3.8) is 0 Å². The lowest BCUT2D eigenvalue weighted by atomic mass is 10.0. The Labute approximate surface area is 131 Å². The number of hydrogen-bond acceptors (Lipinski definition) is 5. The molecule has 0 aliphatic rings. The molecule has 1 unspecified atom stereocenters. The molecular weight excluding hydrogens is 306 g/mol. The second-order valence-electron chi connectivity index (χ2n) is 5.58. The van der Waals surface area contributed by atoms with Gasteiger partial charge in [-0.25, -0.2) is 13.2 Å². The molecule has 124 valence electrons. The Morgan fingerprint density at radius 1 is 1.27 bits per heavy atom. The minimum absolute atomic E-state index is 0.0877. The highest BCUT2D eigenvalue weighted by Gasteiger charge is 2.16. The number of hydrogen-bond donors (Lipinski definition) is 1. The van der Waals surface area contributed by atoms with Crippen molar-refractivity contribution in [1.82, 2.24) is 5.32 Å². The Bertz CT molecular complexity index is 557. The third-order valence-corrected chi connectivity index (χ3v) is 3.74. The zero-order valence-electron chi connectivity index (χ0n) is 12.8. The van der Waals surface area contributed by atoms with Crippen molar-refractivity contribution < 1.29 is 22.5 Å². The maximum atomic E-state index is 11.8. The van der Waals surface area contributed by atoms with Crippen molar-refractivity contribution in [3.05, 3.63) is 35.9 Å². The van der Waals surface area contributed by atoms with E-state index in [2.05, 4.69) is 5.32 Å². The molecule has 0 aliphatic carbocycles. The molecule has 0 aliphatic heterocycles. The lowest BCUT2D eigenvalue weighted by Crippen LogP contribution is -2.37. The van der Waals surface area contributed by atoms with E-state index in [0.29, 0.717) is 6.42 Å². The minimum Gasteiger partial charge on any atom is -0.748 e. The predicted molar refractivity (Wildman–Crippen MR) is 82.2 cm³/mol. The van der Waals surface area contributed by atoms with Crippen LogP contribution in [0.4, 0.5) is 4.79 Å². The molecule has 0 bridgehead atoms. The molecule has 0 saturated heterocycles. The number of amides is 1. The van der Waals surface area contributed by atoms with Crippen LogP contribution in [0.15, 0.2) is 30.3 Å². The molecule has 22 heavy (non-hydrogen) atoms. The average Bonchev–Trinajstić information content (AvgIpc) is 2.42. The van der Waals surface area contributed by atoms with Gasteiger partial charge in [0.15, 0.2) is 0 Å². The van der Waals surface area contributed by atoms with Gasteiger partial charge in [0.05, 0.1) is 10.1 Å². The smallest absolute Gasteiger partial charge is 0.407 e. The second-order valence-corrected chi connectivity index (χ2v) is 7.11. The summed E-state index contributed by atoms with van der Waals surface area (Å²) in [7, 11) is -4.29. The Balaban J connectivity index is 2.47. The summed E-state index contributed by atoms with van der Waals surface area (Å²) in [6, 6.07) is 8.83. The molecule has 1 atom stereocenters. The van der Waals surface area contributed by atoms with Crippen molar-refractivity contribution in [2.45, 2.75) is 39.3 Å². The molecule has 1 aromatic carbocycles. The Kier molecular flexibility index (Phi) is 7.34. The van der Waals surface area contributed by atoms with Crippen molar-refractivity contribution in [1.29, 1.82) is 0 Å². The summed E-state index contributed by atoms with van der Waals surface area (Å²) < 4.78 is 37.2. The van der Waals surface area contributed by atoms with E-state index in [-0.39, 0.29) is 18.9 Å². The largest absolute Gasteiger partial charge is 0.748 e. The fourth-order valence-electron chi connectivity index (χ4n) is 2.04. The summed E-state index contributed by atoms with van der Waals surface area (Å²) in [5.41, 5.74) is 0.861. The van der Waals surface area contributed by atoms with Crippen LogP contribution in [0, 0.1) is 5.92 Å². The predicted octanol–water partition coefficient (Wildman–Crippen LogP) is 2.26. The van der Waals surface area contributed by atoms with Gasteiger partial charge in [-0.15, -0.1) is 0 Å². The van der Waals surface area contributed by atoms with E-state index in [1.165, 1.54) is 0 Å². The van der Waals surface area contributed by atoms with Crippen LogP contribution in [0.1, 0.15) is 32.3 Å². The Hall–Kier alpha value is -1.60. The van der Waals surface area contributed by atoms with Gasteiger partial charge in [0, 0.05) is 11.8 Å². The van der Waals surface area contributed by atoms with Gasteiger partial charge in [-0.1, -0.05) is 44.2 Å². The number of ether oxygens (including phenoxy) is 1. The van der Waals surface area contributed by atoms with E-state index >= 15 is 0 Å². The first-order valence-electron chi connectivity index (χ1n) is 7.17. The first-order valence-corrected chi connectivity index (χ1v) is 8.75. The normalized spacial score (nSPS) is 12.9. The number of carbonyl (C=O) groups excluding carboxylic acids is 1. The maximum absolute atomic E-state index is 11.8. The van der Waals surface area contributed by atoms with Gasteiger partial charge in [-0.05, 0) is 24.3 Å². The van der Waals surface area contributed by atoms with E-state index in [0.717, 1.165) is 5.56 Å². The zero-order chi connectivity index (χ0) is 16.6. The highest BCUT2D eigenvalue weighted by molar-refractivity contribution is 7.85. The molecule has 0 spiro atoms. The monoisotopic (exact) mass is 328 g/mol. The van der Waals surface area contributed by atoms with Crippen LogP contribution in [0.2, 0.25) is 0 Å². The molecule has 0 radical (unpaired) electrons. The van der Waals surface area contributed by atoms with Crippen LogP contribution in [-0.4, -0.2) is 30.9 Å². The quantitative estimate of drug-likeness (QED) is 0.739. The minimum atomic E-state index is -4.29. The van der Waals surface area contributed by atoms with E-state index in [9.17, 15) is 17.8 Å². The first-order chi connectivity index (χ1) is 10.3. The highest BCUT2D eigenvalue weighted by atomic mass is 32.2. The van der Waals surface area contributed by atoms with Gasteiger partial charge >= 0.3 is 6.09 Å². The summed E-state index contributed by atoms with van der Waals surface area (Å²) in [6.45, 7) is 4.05. The molecule has 0 heterocycles. The topological polar surface area (TPSA) is 95.5 Å². The number of carbonyl (C=O) groups is 1. The number of rotatable bonds is 8. The zero-order valence-corrected chi connectivity index (χ0v) is 13.6. The fourth-order valence-corrected chi connectivity index (χ4v) is 2.61. The van der Waals surface area contributed by atoms with Gasteiger partial charge in [0.2, 0.25) is 0 Å². The van der Waals surface area contributed by atoms with Crippen LogP contribution in [0.5, 0.6) is 0 Å². The summed E-state index contributed by atoms with van der Waals surface area (Å²) in [6.07, 6.45) is 0.0539. The van der Waals surface area contributed by atoms with Crippen LogP contribution in [0.3, 0.4) is 0 Å². The van der Waals surface area contributed by atoms with Crippen molar-refractivity contribution in [2.75, 3.05) is 5.75 Å². The number of benzene rings is 1. The van der Waals surface area contributed by atoms with Crippen molar-refractivity contribution in [2.24, 2.45) is 5.92 Å². The summed E-state index contributed by atoms with van der Waals surface area (Å²) in [5.74, 6) is -0.239.